The van der Waals surface area contributed by atoms with Crippen molar-refractivity contribution in [3.05, 3.63) is 102 Å². The molecular formula is C24H23IN2. The third kappa shape index (κ3) is 4.48. The van der Waals surface area contributed by atoms with E-state index in [1.54, 1.807) is 0 Å². The van der Waals surface area contributed by atoms with Crippen molar-refractivity contribution in [1.29, 1.82) is 0 Å². The zero-order valence-corrected chi connectivity index (χ0v) is 17.8. The number of halogens is 1. The summed E-state index contributed by atoms with van der Waals surface area (Å²) in [7, 11) is 2.04. The first-order valence-corrected chi connectivity index (χ1v) is 8.96. The number of hydrogen-bond acceptors (Lipinski definition) is 0. The number of nitrogens with zero attached hydrogens (tertiary/aromatic N) is 2. The van der Waals surface area contributed by atoms with Gasteiger partial charge in [-0.3, -0.25) is 0 Å². The van der Waals surface area contributed by atoms with E-state index >= 15 is 0 Å². The molecule has 27 heavy (non-hydrogen) atoms. The molecule has 4 rings (SSSR count). The molecule has 2 aromatic heterocycles. The lowest BCUT2D eigenvalue weighted by atomic mass is 10.1. The number of hydrogen-bond donors (Lipinski definition) is 0. The Balaban J connectivity index is 0.00000210. The molecule has 2 nitrogen and oxygen atoms in total. The topological polar surface area (TPSA) is 8.81 Å². The Bertz CT molecular complexity index is 1060. The average molecular weight is 466 g/mol. The minimum Gasteiger partial charge on any atom is -1.00 e. The number of fused-ring (bicyclic) bond motifs is 1. The number of rotatable bonds is 4. The highest BCUT2D eigenvalue weighted by molar-refractivity contribution is 5.92. The van der Waals surface area contributed by atoms with Gasteiger partial charge in [0.05, 0.1) is 0 Å². The number of benzene rings is 2. The van der Waals surface area contributed by atoms with E-state index in [2.05, 4.69) is 103 Å². The van der Waals surface area contributed by atoms with Crippen molar-refractivity contribution in [2.24, 2.45) is 7.05 Å². The van der Waals surface area contributed by atoms with Crippen molar-refractivity contribution in [2.45, 2.75) is 13.5 Å². The van der Waals surface area contributed by atoms with Crippen LogP contribution in [0.15, 0.2) is 79.3 Å². The van der Waals surface area contributed by atoms with Gasteiger partial charge in [-0.25, -0.2) is 4.57 Å². The van der Waals surface area contributed by atoms with E-state index < -0.39 is 0 Å². The fraction of sp³-hybridized carbons (Fsp3) is 0.125. The molecule has 2 heterocycles. The first-order chi connectivity index (χ1) is 12.7. The normalized spacial score (nSPS) is 11.0. The van der Waals surface area contributed by atoms with Gasteiger partial charge in [-0.1, -0.05) is 54.1 Å². The molecule has 0 aliphatic heterocycles. The van der Waals surface area contributed by atoms with Crippen LogP contribution in [0.25, 0.3) is 23.1 Å². The molecule has 0 aliphatic carbocycles. The standard InChI is InChI=1S/C24H23N2.HI/c1-19-8-11-24-23(16-19)22(10-9-20-12-14-25(2)15-13-20)18-26(24)17-21-6-4-3-5-7-21;/h3-16,18H,17H2,1-2H3;1H/q+1;/p-1. The molecule has 3 heteroatoms. The van der Waals surface area contributed by atoms with Crippen molar-refractivity contribution >= 4 is 23.1 Å². The van der Waals surface area contributed by atoms with Gasteiger partial charge < -0.3 is 28.5 Å². The van der Waals surface area contributed by atoms with Crippen LogP contribution in [-0.4, -0.2) is 4.57 Å². The largest absolute Gasteiger partial charge is 1.00 e. The third-order valence-corrected chi connectivity index (χ3v) is 4.72. The van der Waals surface area contributed by atoms with Gasteiger partial charge in [-0.2, -0.15) is 0 Å². The molecule has 2 aromatic carbocycles. The molecule has 0 aliphatic rings. The SMILES string of the molecule is Cc1ccc2c(c1)c(/C=C\c1cc[n+](C)cc1)cn2Cc1ccccc1.[I-]. The van der Waals surface area contributed by atoms with Crippen molar-refractivity contribution < 1.29 is 28.5 Å². The van der Waals surface area contributed by atoms with Crippen LogP contribution < -0.4 is 28.5 Å². The Kier molecular flexibility index (Phi) is 6.11. The molecule has 136 valence electrons. The summed E-state index contributed by atoms with van der Waals surface area (Å²) >= 11 is 0. The molecule has 0 N–H and O–H groups in total. The first-order valence-electron chi connectivity index (χ1n) is 8.96. The zero-order chi connectivity index (χ0) is 17.9. The second-order valence-electron chi connectivity index (χ2n) is 6.85. The molecule has 4 aromatic rings. The molecule has 0 unspecified atom stereocenters. The average Bonchev–Trinajstić information content (AvgIpc) is 2.99. The summed E-state index contributed by atoms with van der Waals surface area (Å²) in [6.07, 6.45) is 10.8. The second kappa shape index (κ2) is 8.53. The second-order valence-corrected chi connectivity index (χ2v) is 6.85. The maximum atomic E-state index is 2.34. The predicted molar refractivity (Wildman–Crippen MR) is 109 cm³/mol. The summed E-state index contributed by atoms with van der Waals surface area (Å²) in [4.78, 5) is 0. The van der Waals surface area contributed by atoms with Gasteiger partial charge in [0.1, 0.15) is 7.05 Å². The predicted octanol–water partition coefficient (Wildman–Crippen LogP) is 2.00. The minimum absolute atomic E-state index is 0. The summed E-state index contributed by atoms with van der Waals surface area (Å²) in [5.74, 6) is 0. The maximum Gasteiger partial charge on any atom is 0.169 e. The van der Waals surface area contributed by atoms with Crippen LogP contribution in [0, 0.1) is 6.92 Å². The minimum atomic E-state index is 0. The quantitative estimate of drug-likeness (QED) is 0.322. The van der Waals surface area contributed by atoms with E-state index in [9.17, 15) is 0 Å². The Morgan fingerprint density at radius 2 is 1.67 bits per heavy atom. The van der Waals surface area contributed by atoms with Crippen molar-refractivity contribution in [1.82, 2.24) is 4.57 Å². The first kappa shape index (κ1) is 19.4. The molecule has 0 saturated heterocycles. The van der Waals surface area contributed by atoms with E-state index in [0.717, 1.165) is 6.54 Å². The van der Waals surface area contributed by atoms with Gasteiger partial charge >= 0.3 is 0 Å². The number of pyridine rings is 1. The molecule has 0 bridgehead atoms. The highest BCUT2D eigenvalue weighted by Gasteiger charge is 2.07. The number of aromatic nitrogens is 2. The summed E-state index contributed by atoms with van der Waals surface area (Å²) < 4.78 is 4.39. The van der Waals surface area contributed by atoms with Crippen molar-refractivity contribution in [3.8, 4) is 0 Å². The van der Waals surface area contributed by atoms with E-state index in [4.69, 9.17) is 0 Å². The third-order valence-electron chi connectivity index (χ3n) is 4.72. The molecule has 0 fully saturated rings. The maximum absolute atomic E-state index is 2.34. The van der Waals surface area contributed by atoms with Crippen LogP contribution in [0.3, 0.4) is 0 Å². The van der Waals surface area contributed by atoms with Crippen LogP contribution in [0.1, 0.15) is 22.3 Å². The Morgan fingerprint density at radius 3 is 2.41 bits per heavy atom. The Hall–Kier alpha value is -2.40. The van der Waals surface area contributed by atoms with Crippen molar-refractivity contribution in [2.75, 3.05) is 0 Å². The Labute approximate surface area is 177 Å². The lowest BCUT2D eigenvalue weighted by Gasteiger charge is -2.05. The van der Waals surface area contributed by atoms with Crippen LogP contribution in [0.4, 0.5) is 0 Å². The van der Waals surface area contributed by atoms with Gasteiger partial charge in [0.25, 0.3) is 0 Å². The number of aryl methyl sites for hydroxylation is 2. The molecule has 0 atom stereocenters. The Morgan fingerprint density at radius 1 is 0.926 bits per heavy atom. The summed E-state index contributed by atoms with van der Waals surface area (Å²) in [6.45, 7) is 3.04. The van der Waals surface area contributed by atoms with E-state index in [1.165, 1.54) is 33.2 Å². The molecule has 0 radical (unpaired) electrons. The zero-order valence-electron chi connectivity index (χ0n) is 15.6. The summed E-state index contributed by atoms with van der Waals surface area (Å²) in [5, 5.41) is 1.30. The molecule has 0 spiro atoms. The van der Waals surface area contributed by atoms with Gasteiger partial charge in [0, 0.05) is 41.3 Å². The van der Waals surface area contributed by atoms with Crippen LogP contribution in [-0.2, 0) is 13.6 Å². The highest BCUT2D eigenvalue weighted by atomic mass is 127. The van der Waals surface area contributed by atoms with Crippen molar-refractivity contribution in [3.63, 3.8) is 0 Å². The van der Waals surface area contributed by atoms with Crippen LogP contribution >= 0.6 is 0 Å². The van der Waals surface area contributed by atoms with Gasteiger partial charge in [-0.05, 0) is 30.2 Å². The highest BCUT2D eigenvalue weighted by Crippen LogP contribution is 2.25. The molecule has 0 amide bonds. The fourth-order valence-electron chi connectivity index (χ4n) is 3.29. The summed E-state index contributed by atoms with van der Waals surface area (Å²) in [6, 6.07) is 21.6. The monoisotopic (exact) mass is 466 g/mol. The fourth-order valence-corrected chi connectivity index (χ4v) is 3.29. The smallest absolute Gasteiger partial charge is 0.169 e. The van der Waals surface area contributed by atoms with Gasteiger partial charge in [-0.15, -0.1) is 0 Å². The summed E-state index contributed by atoms with van der Waals surface area (Å²) in [5.41, 5.74) is 6.35. The van der Waals surface area contributed by atoms with Crippen LogP contribution in [0.5, 0.6) is 0 Å². The van der Waals surface area contributed by atoms with Gasteiger partial charge in [0.2, 0.25) is 0 Å². The van der Waals surface area contributed by atoms with Crippen LogP contribution in [0.2, 0.25) is 0 Å². The molecule has 0 saturated carbocycles. The van der Waals surface area contributed by atoms with E-state index in [1.807, 2.05) is 11.6 Å². The van der Waals surface area contributed by atoms with E-state index in [0.29, 0.717) is 0 Å². The lowest BCUT2D eigenvalue weighted by Crippen LogP contribution is -3.00. The lowest BCUT2D eigenvalue weighted by molar-refractivity contribution is -0.671. The van der Waals surface area contributed by atoms with Gasteiger partial charge in [0.15, 0.2) is 12.4 Å². The van der Waals surface area contributed by atoms with E-state index in [-0.39, 0.29) is 24.0 Å². The molecular weight excluding hydrogens is 443 g/mol.